The number of nitrogens with zero attached hydrogens (tertiary/aromatic N) is 3. The lowest BCUT2D eigenvalue weighted by Gasteiger charge is -2.31. The molecule has 3 heterocycles. The van der Waals surface area contributed by atoms with Gasteiger partial charge >= 0.3 is 5.69 Å². The summed E-state index contributed by atoms with van der Waals surface area (Å²) < 4.78 is 15.4. The molecule has 1 saturated heterocycles. The zero-order chi connectivity index (χ0) is 18.8. The van der Waals surface area contributed by atoms with Gasteiger partial charge in [0.1, 0.15) is 11.6 Å². The minimum atomic E-state index is -0.460. The SMILES string of the molecule is O=C(c1cccs1)N1CCC(Cc2n[nH]c(=O)n2-c2ccccc2F)CC1. The van der Waals surface area contributed by atoms with E-state index >= 15 is 0 Å². The summed E-state index contributed by atoms with van der Waals surface area (Å²) >= 11 is 1.45. The molecule has 0 aliphatic carbocycles. The molecule has 0 spiro atoms. The highest BCUT2D eigenvalue weighted by molar-refractivity contribution is 7.12. The fourth-order valence-electron chi connectivity index (χ4n) is 3.50. The maximum atomic E-state index is 14.1. The number of hydrogen-bond acceptors (Lipinski definition) is 4. The topological polar surface area (TPSA) is 71.0 Å². The lowest BCUT2D eigenvalue weighted by molar-refractivity contribution is 0.0694. The molecule has 0 saturated carbocycles. The highest BCUT2D eigenvalue weighted by atomic mass is 32.1. The van der Waals surface area contributed by atoms with Crippen LogP contribution in [0.15, 0.2) is 46.6 Å². The third-order valence-corrected chi connectivity index (χ3v) is 5.80. The van der Waals surface area contributed by atoms with Crippen LogP contribution in [0, 0.1) is 11.7 Å². The molecule has 6 nitrogen and oxygen atoms in total. The number of aromatic nitrogens is 3. The molecular weight excluding hydrogens is 367 g/mol. The van der Waals surface area contributed by atoms with Gasteiger partial charge in [0.25, 0.3) is 5.91 Å². The van der Waals surface area contributed by atoms with Crippen molar-refractivity contribution in [3.05, 3.63) is 68.8 Å². The van der Waals surface area contributed by atoms with E-state index in [4.69, 9.17) is 0 Å². The number of rotatable bonds is 4. The first-order valence-electron chi connectivity index (χ1n) is 8.87. The average molecular weight is 386 g/mol. The number of likely N-dealkylation sites (tertiary alicyclic amines) is 1. The number of amides is 1. The van der Waals surface area contributed by atoms with Crippen LogP contribution < -0.4 is 5.69 Å². The maximum Gasteiger partial charge on any atom is 0.348 e. The van der Waals surface area contributed by atoms with Gasteiger partial charge in [-0.15, -0.1) is 11.3 Å². The summed E-state index contributed by atoms with van der Waals surface area (Å²) in [5.41, 5.74) is -0.239. The van der Waals surface area contributed by atoms with Gasteiger partial charge in [-0.25, -0.2) is 18.9 Å². The predicted octanol–water partition coefficient (Wildman–Crippen LogP) is 2.86. The molecule has 0 bridgehead atoms. The van der Waals surface area contributed by atoms with Gasteiger partial charge in [-0.2, -0.15) is 5.10 Å². The standard InChI is InChI=1S/C19H19FN4O2S/c20-14-4-1-2-5-15(14)24-17(21-22-19(24)26)12-13-7-9-23(10-8-13)18(25)16-6-3-11-27-16/h1-6,11,13H,7-10,12H2,(H,22,26). The molecule has 1 aliphatic heterocycles. The van der Waals surface area contributed by atoms with E-state index in [0.29, 0.717) is 25.3 Å². The molecule has 2 aromatic heterocycles. The Morgan fingerprint density at radius 1 is 1.22 bits per heavy atom. The van der Waals surface area contributed by atoms with Crippen LogP contribution in [0.4, 0.5) is 4.39 Å². The van der Waals surface area contributed by atoms with E-state index in [1.54, 1.807) is 18.2 Å². The minimum absolute atomic E-state index is 0.0754. The Morgan fingerprint density at radius 3 is 2.70 bits per heavy atom. The van der Waals surface area contributed by atoms with Crippen LogP contribution >= 0.6 is 11.3 Å². The minimum Gasteiger partial charge on any atom is -0.338 e. The van der Waals surface area contributed by atoms with E-state index in [1.807, 2.05) is 22.4 Å². The van der Waals surface area contributed by atoms with Crippen molar-refractivity contribution in [3.63, 3.8) is 0 Å². The number of carbonyl (C=O) groups excluding carboxylic acids is 1. The van der Waals surface area contributed by atoms with Crippen molar-refractivity contribution < 1.29 is 9.18 Å². The van der Waals surface area contributed by atoms with E-state index < -0.39 is 11.5 Å². The number of nitrogens with one attached hydrogen (secondary N) is 1. The van der Waals surface area contributed by atoms with E-state index in [0.717, 1.165) is 17.7 Å². The van der Waals surface area contributed by atoms with Crippen molar-refractivity contribution in [2.24, 2.45) is 5.92 Å². The van der Waals surface area contributed by atoms with Gasteiger partial charge in [0, 0.05) is 19.5 Å². The van der Waals surface area contributed by atoms with Gasteiger partial charge in [-0.3, -0.25) is 4.79 Å². The summed E-state index contributed by atoms with van der Waals surface area (Å²) in [5, 5.41) is 8.43. The molecule has 8 heteroatoms. The molecule has 0 radical (unpaired) electrons. The van der Waals surface area contributed by atoms with Crippen LogP contribution in [0.1, 0.15) is 28.3 Å². The lowest BCUT2D eigenvalue weighted by Crippen LogP contribution is -2.38. The van der Waals surface area contributed by atoms with Crippen LogP contribution in [0.2, 0.25) is 0 Å². The Kier molecular flexibility index (Phi) is 4.89. The molecule has 1 aromatic carbocycles. The average Bonchev–Trinajstić information content (AvgIpc) is 3.33. The monoisotopic (exact) mass is 386 g/mol. The van der Waals surface area contributed by atoms with Crippen molar-refractivity contribution in [1.29, 1.82) is 0 Å². The Labute approximate surface area is 159 Å². The number of H-pyrrole nitrogens is 1. The lowest BCUT2D eigenvalue weighted by atomic mass is 9.93. The molecule has 0 unspecified atom stereocenters. The second-order valence-corrected chi connectivity index (χ2v) is 7.60. The smallest absolute Gasteiger partial charge is 0.338 e. The van der Waals surface area contributed by atoms with E-state index in [1.165, 1.54) is 22.0 Å². The quantitative estimate of drug-likeness (QED) is 0.750. The normalized spacial score (nSPS) is 15.2. The third kappa shape index (κ3) is 3.57. The van der Waals surface area contributed by atoms with E-state index in [9.17, 15) is 14.0 Å². The van der Waals surface area contributed by atoms with Gasteiger partial charge in [-0.05, 0) is 42.3 Å². The molecular formula is C19H19FN4O2S. The van der Waals surface area contributed by atoms with Gasteiger partial charge in [0.05, 0.1) is 10.6 Å². The summed E-state index contributed by atoms with van der Waals surface area (Å²) in [4.78, 5) is 27.2. The zero-order valence-electron chi connectivity index (χ0n) is 14.6. The fraction of sp³-hybridized carbons (Fsp3) is 0.316. The second-order valence-electron chi connectivity index (χ2n) is 6.65. The number of piperidine rings is 1. The van der Waals surface area contributed by atoms with Crippen LogP contribution in [-0.4, -0.2) is 38.7 Å². The first-order valence-corrected chi connectivity index (χ1v) is 9.75. The van der Waals surface area contributed by atoms with Crippen molar-refractivity contribution in [1.82, 2.24) is 19.7 Å². The second kappa shape index (κ2) is 7.48. The summed E-state index contributed by atoms with van der Waals surface area (Å²) in [5.74, 6) is 0.427. The first kappa shape index (κ1) is 17.7. The fourth-order valence-corrected chi connectivity index (χ4v) is 4.19. The Hall–Kier alpha value is -2.74. The predicted molar refractivity (Wildman–Crippen MR) is 101 cm³/mol. The number of benzene rings is 1. The van der Waals surface area contributed by atoms with Crippen molar-refractivity contribution in [2.75, 3.05) is 13.1 Å². The summed E-state index contributed by atoms with van der Waals surface area (Å²) in [6.07, 6.45) is 2.22. The van der Waals surface area contributed by atoms with Gasteiger partial charge in [-0.1, -0.05) is 18.2 Å². The summed E-state index contributed by atoms with van der Waals surface area (Å²) in [6.45, 7) is 1.35. The van der Waals surface area contributed by atoms with Gasteiger partial charge in [0.2, 0.25) is 0 Å². The van der Waals surface area contributed by atoms with Crippen molar-refractivity contribution in [3.8, 4) is 5.69 Å². The maximum absolute atomic E-state index is 14.1. The Balaban J connectivity index is 1.45. The molecule has 1 aliphatic rings. The molecule has 0 atom stereocenters. The number of halogens is 1. The third-order valence-electron chi connectivity index (χ3n) is 4.94. The number of hydrogen-bond donors (Lipinski definition) is 1. The highest BCUT2D eigenvalue weighted by Gasteiger charge is 2.26. The highest BCUT2D eigenvalue weighted by Crippen LogP contribution is 2.24. The Bertz CT molecular complexity index is 987. The number of carbonyl (C=O) groups is 1. The molecule has 27 heavy (non-hydrogen) atoms. The van der Waals surface area contributed by atoms with Crippen LogP contribution in [-0.2, 0) is 6.42 Å². The van der Waals surface area contributed by atoms with E-state index in [-0.39, 0.29) is 17.5 Å². The van der Waals surface area contributed by atoms with Crippen LogP contribution in [0.5, 0.6) is 0 Å². The van der Waals surface area contributed by atoms with Crippen molar-refractivity contribution >= 4 is 17.2 Å². The molecule has 3 aromatic rings. The number of aromatic amines is 1. The van der Waals surface area contributed by atoms with Gasteiger partial charge in [0.15, 0.2) is 0 Å². The number of thiophene rings is 1. The molecule has 4 rings (SSSR count). The number of para-hydroxylation sites is 1. The van der Waals surface area contributed by atoms with Gasteiger partial charge < -0.3 is 4.90 Å². The zero-order valence-corrected chi connectivity index (χ0v) is 15.4. The first-order chi connectivity index (χ1) is 13.1. The molecule has 140 valence electrons. The van der Waals surface area contributed by atoms with E-state index in [2.05, 4.69) is 10.2 Å². The van der Waals surface area contributed by atoms with Crippen molar-refractivity contribution in [2.45, 2.75) is 19.3 Å². The Morgan fingerprint density at radius 2 is 2.00 bits per heavy atom. The van der Waals surface area contributed by atoms with Crippen LogP contribution in [0.25, 0.3) is 5.69 Å². The summed E-state index contributed by atoms with van der Waals surface area (Å²) in [6, 6.07) is 9.89. The van der Waals surface area contributed by atoms with Crippen LogP contribution in [0.3, 0.4) is 0 Å². The molecule has 1 N–H and O–H groups in total. The molecule has 1 fully saturated rings. The largest absolute Gasteiger partial charge is 0.348 e. The molecule has 1 amide bonds. The summed E-state index contributed by atoms with van der Waals surface area (Å²) in [7, 11) is 0.